The molecule has 14 atom stereocenters. The fourth-order valence-corrected chi connectivity index (χ4v) is 17.6. The number of carboxylic acids is 1. The second-order valence-electron chi connectivity index (χ2n) is 23.4. The standard InChI is InChI=1S/C46H77N3O6S/c1-28(47)33(49-22-24-56(53,54)25-23-49)27-48-46-17-12-29(42(6)18-19-42)37(46)30-10-11-35-43(7)15-14-36(55-39(52)32-26-31(38(50)51)40(32,2)3)41(4,5)34(43)13-16-45(35,9)44(30,8)20-21-46/h28-37,48H,10-27,47H2,1-9H3,(H,50,51)/t28?,29-,30-,31+,32-,33?,34+,35-,36+,37-,43+,44-,45-,46+/m1/s1. The highest BCUT2D eigenvalue weighted by molar-refractivity contribution is 7.91. The van der Waals surface area contributed by atoms with Crippen molar-refractivity contribution in [2.24, 2.45) is 79.6 Å². The van der Waals surface area contributed by atoms with Crippen molar-refractivity contribution in [3.8, 4) is 0 Å². The lowest BCUT2D eigenvalue weighted by Crippen LogP contribution is -2.69. The zero-order valence-corrected chi connectivity index (χ0v) is 37.2. The molecule has 0 amide bonds. The van der Waals surface area contributed by atoms with Gasteiger partial charge in [-0.2, -0.15) is 0 Å². The largest absolute Gasteiger partial charge is 0.481 e. The van der Waals surface area contributed by atoms with Gasteiger partial charge in [0.1, 0.15) is 6.10 Å². The molecule has 7 saturated carbocycles. The highest BCUT2D eigenvalue weighted by Gasteiger charge is 2.72. The molecule has 1 heterocycles. The first-order valence-electron chi connectivity index (χ1n) is 22.8. The molecule has 0 spiro atoms. The van der Waals surface area contributed by atoms with E-state index in [0.29, 0.717) is 48.6 Å². The number of carboxylic acid groups (broad SMARTS) is 1. The molecule has 8 rings (SSSR count). The lowest BCUT2D eigenvalue weighted by atomic mass is 9.32. The summed E-state index contributed by atoms with van der Waals surface area (Å²) < 4.78 is 31.1. The Morgan fingerprint density at radius 1 is 0.786 bits per heavy atom. The zero-order valence-electron chi connectivity index (χ0n) is 36.4. The fraction of sp³-hybridized carbons (Fsp3) is 0.957. The Morgan fingerprint density at radius 2 is 1.46 bits per heavy atom. The van der Waals surface area contributed by atoms with Crippen LogP contribution in [0.4, 0.5) is 0 Å². The zero-order chi connectivity index (χ0) is 40.6. The van der Waals surface area contributed by atoms with Crippen molar-refractivity contribution in [3.63, 3.8) is 0 Å². The molecule has 8 fully saturated rings. The number of nitrogens with one attached hydrogen (secondary N) is 1. The Hall–Kier alpha value is -1.23. The number of esters is 1. The minimum Gasteiger partial charge on any atom is -0.481 e. The van der Waals surface area contributed by atoms with Gasteiger partial charge in [0.05, 0.1) is 23.3 Å². The van der Waals surface area contributed by atoms with Gasteiger partial charge >= 0.3 is 11.9 Å². The lowest BCUT2D eigenvalue weighted by Gasteiger charge is -2.73. The summed E-state index contributed by atoms with van der Waals surface area (Å²) in [6.07, 6.45) is 14.9. The normalized spacial score (nSPS) is 48.1. The molecule has 0 aromatic carbocycles. The SMILES string of the molecule is CC(N)C(CN[C@]12CC[C@@H](C3(C)CC3)[C@@H]1[C@H]1CC[C@@H]3[C@@]4(C)CC[C@H](OC(=O)[C@H]5C[C@@H](C(=O)O)C5(C)C)C(C)(C)[C@@H]4CC[C@@]3(C)[C@]1(C)CC2)N1CCS(=O)(=O)CC1. The van der Waals surface area contributed by atoms with E-state index in [1.54, 1.807) is 0 Å². The van der Waals surface area contributed by atoms with E-state index in [-0.39, 0.29) is 68.8 Å². The second kappa shape index (κ2) is 13.4. The van der Waals surface area contributed by atoms with E-state index in [2.05, 4.69) is 58.7 Å². The minimum absolute atomic E-state index is 0.0346. The molecule has 2 unspecified atom stereocenters. The first-order chi connectivity index (χ1) is 26.0. The third-order valence-corrected chi connectivity index (χ3v) is 22.1. The molecule has 56 heavy (non-hydrogen) atoms. The summed E-state index contributed by atoms with van der Waals surface area (Å²) >= 11 is 0. The molecule has 8 aliphatic rings. The molecular weight excluding hydrogens is 723 g/mol. The van der Waals surface area contributed by atoms with E-state index < -0.39 is 27.1 Å². The van der Waals surface area contributed by atoms with E-state index in [0.717, 1.165) is 25.3 Å². The maximum Gasteiger partial charge on any atom is 0.309 e. The van der Waals surface area contributed by atoms with Gasteiger partial charge in [0.15, 0.2) is 9.84 Å². The average molecular weight is 800 g/mol. The highest BCUT2D eigenvalue weighted by Crippen LogP contribution is 2.78. The summed E-state index contributed by atoms with van der Waals surface area (Å²) in [6, 6.07) is 0.0974. The summed E-state index contributed by atoms with van der Waals surface area (Å²) in [5.74, 6) is 1.80. The summed E-state index contributed by atoms with van der Waals surface area (Å²) in [4.78, 5) is 27.8. The van der Waals surface area contributed by atoms with Gasteiger partial charge in [0.25, 0.3) is 0 Å². The Kier molecular flexibility index (Phi) is 9.92. The predicted octanol–water partition coefficient (Wildman–Crippen LogP) is 7.31. The van der Waals surface area contributed by atoms with Crippen molar-refractivity contribution < 1.29 is 27.9 Å². The van der Waals surface area contributed by atoms with Crippen LogP contribution in [0.5, 0.6) is 0 Å². The van der Waals surface area contributed by atoms with E-state index in [1.165, 1.54) is 64.2 Å². The van der Waals surface area contributed by atoms with Crippen LogP contribution in [0, 0.1) is 73.9 Å². The third kappa shape index (κ3) is 6.06. The van der Waals surface area contributed by atoms with Crippen molar-refractivity contribution in [2.45, 2.75) is 170 Å². The highest BCUT2D eigenvalue weighted by atomic mass is 32.2. The maximum atomic E-state index is 13.7. The Morgan fingerprint density at radius 3 is 2.07 bits per heavy atom. The quantitative estimate of drug-likeness (QED) is 0.205. The molecular formula is C46H77N3O6S. The number of carbonyl (C=O) groups excluding carboxylic acids is 1. The maximum absolute atomic E-state index is 13.7. The fourth-order valence-electron chi connectivity index (χ4n) is 16.4. The third-order valence-electron chi connectivity index (χ3n) is 20.5. The monoisotopic (exact) mass is 800 g/mol. The van der Waals surface area contributed by atoms with Crippen LogP contribution < -0.4 is 11.1 Å². The number of aliphatic carboxylic acids is 1. The molecule has 1 saturated heterocycles. The van der Waals surface area contributed by atoms with Crippen molar-refractivity contribution in [1.82, 2.24) is 10.2 Å². The average Bonchev–Trinajstić information content (AvgIpc) is 3.72. The van der Waals surface area contributed by atoms with Gasteiger partial charge in [-0.15, -0.1) is 0 Å². The van der Waals surface area contributed by atoms with Gasteiger partial charge < -0.3 is 20.9 Å². The van der Waals surface area contributed by atoms with Crippen LogP contribution >= 0.6 is 0 Å². The van der Waals surface area contributed by atoms with Crippen LogP contribution in [0.25, 0.3) is 0 Å². The molecule has 318 valence electrons. The minimum atomic E-state index is -2.95. The Bertz CT molecular complexity index is 1680. The van der Waals surface area contributed by atoms with Gasteiger partial charge in [-0.1, -0.05) is 55.4 Å². The molecule has 1 aliphatic heterocycles. The van der Waals surface area contributed by atoms with Crippen LogP contribution in [-0.2, 0) is 24.2 Å². The number of nitrogens with zero attached hydrogens (tertiary/aromatic N) is 1. The summed E-state index contributed by atoms with van der Waals surface area (Å²) in [5.41, 5.74) is 7.20. The number of ether oxygens (including phenoxy) is 1. The topological polar surface area (TPSA) is 139 Å². The lowest BCUT2D eigenvalue weighted by molar-refractivity contribution is -0.249. The van der Waals surface area contributed by atoms with E-state index in [1.807, 2.05) is 13.8 Å². The smallest absolute Gasteiger partial charge is 0.309 e. The van der Waals surface area contributed by atoms with Gasteiger partial charge in [0.2, 0.25) is 0 Å². The summed E-state index contributed by atoms with van der Waals surface area (Å²) in [6.45, 7) is 23.3. The molecule has 0 aromatic rings. The first-order valence-corrected chi connectivity index (χ1v) is 24.7. The van der Waals surface area contributed by atoms with Gasteiger partial charge in [-0.05, 0) is 147 Å². The Labute approximate surface area is 339 Å². The van der Waals surface area contributed by atoms with Crippen LogP contribution in [0.2, 0.25) is 0 Å². The van der Waals surface area contributed by atoms with Crippen molar-refractivity contribution >= 4 is 21.8 Å². The molecule has 10 heteroatoms. The van der Waals surface area contributed by atoms with Gasteiger partial charge in [-0.3, -0.25) is 14.5 Å². The number of nitrogens with two attached hydrogens (primary N) is 1. The van der Waals surface area contributed by atoms with E-state index in [4.69, 9.17) is 10.5 Å². The number of rotatable bonds is 9. The first kappa shape index (κ1) is 41.5. The van der Waals surface area contributed by atoms with E-state index in [9.17, 15) is 23.1 Å². The van der Waals surface area contributed by atoms with Crippen molar-refractivity contribution in [3.05, 3.63) is 0 Å². The predicted molar refractivity (Wildman–Crippen MR) is 220 cm³/mol. The van der Waals surface area contributed by atoms with Crippen LogP contribution in [-0.4, -0.2) is 85.2 Å². The number of hydrogen-bond acceptors (Lipinski definition) is 8. The van der Waals surface area contributed by atoms with Gasteiger partial charge in [-0.25, -0.2) is 8.42 Å². The summed E-state index contributed by atoms with van der Waals surface area (Å²) in [7, 11) is -2.95. The van der Waals surface area contributed by atoms with Crippen LogP contribution in [0.1, 0.15) is 146 Å². The summed E-state index contributed by atoms with van der Waals surface area (Å²) in [5, 5.41) is 14.0. The number of carbonyl (C=O) groups is 2. The number of fused-ring (bicyclic) bond motifs is 7. The molecule has 0 bridgehead atoms. The van der Waals surface area contributed by atoms with Crippen molar-refractivity contribution in [1.29, 1.82) is 0 Å². The molecule has 9 nitrogen and oxygen atoms in total. The van der Waals surface area contributed by atoms with Crippen molar-refractivity contribution in [2.75, 3.05) is 31.1 Å². The van der Waals surface area contributed by atoms with Crippen LogP contribution in [0.3, 0.4) is 0 Å². The second-order valence-corrected chi connectivity index (χ2v) is 25.7. The molecule has 0 radical (unpaired) electrons. The van der Waals surface area contributed by atoms with Crippen LogP contribution in [0.15, 0.2) is 0 Å². The Balaban J connectivity index is 1.02. The number of hydrogen-bond donors (Lipinski definition) is 3. The molecule has 0 aromatic heterocycles. The van der Waals surface area contributed by atoms with Gasteiger partial charge in [0, 0.05) is 42.7 Å². The number of sulfone groups is 1. The molecule has 4 N–H and O–H groups in total. The van der Waals surface area contributed by atoms with E-state index >= 15 is 0 Å². The molecule has 7 aliphatic carbocycles.